The second kappa shape index (κ2) is 23.4. The molecule has 7 nitrogen and oxygen atoms in total. The van der Waals surface area contributed by atoms with Crippen LogP contribution in [0, 0.1) is 41.5 Å². The van der Waals surface area contributed by atoms with Crippen LogP contribution in [0.4, 0.5) is 0 Å². The Balaban J connectivity index is 1.49. The molecule has 9 rings (SSSR count). The average Bonchev–Trinajstić information content (AvgIpc) is 1.23. The molecule has 1 aliphatic rings. The molecule has 0 fully saturated rings. The van der Waals surface area contributed by atoms with Gasteiger partial charge >= 0.3 is 22.8 Å². The molecule has 1 N–H and O–H groups in total. The third-order valence-corrected chi connectivity index (χ3v) is 23.5. The molecule has 0 bridgehead atoms. The minimum Gasteiger partial charge on any atom is -0.495 e. The van der Waals surface area contributed by atoms with Gasteiger partial charge in [0.15, 0.2) is 11.3 Å². The lowest BCUT2D eigenvalue weighted by Crippen LogP contribution is -2.39. The summed E-state index contributed by atoms with van der Waals surface area (Å²) in [5, 5.41) is 4.71. The van der Waals surface area contributed by atoms with Gasteiger partial charge in [0.1, 0.15) is 17.1 Å². The molecule has 2 unspecified atom stereocenters. The molecule has 88 heavy (non-hydrogen) atoms. The van der Waals surface area contributed by atoms with Crippen molar-refractivity contribution in [3.63, 3.8) is 0 Å². The topological polar surface area (TPSA) is 79.9 Å². The van der Waals surface area contributed by atoms with Crippen LogP contribution in [0.25, 0.3) is 55.3 Å². The van der Waals surface area contributed by atoms with Gasteiger partial charge in [-0.05, 0) is 184 Å². The highest BCUT2D eigenvalue weighted by Gasteiger charge is 2.40. The Morgan fingerprint density at radius 1 is 0.477 bits per heavy atom. The number of benzene rings is 7. The minimum atomic E-state index is -2.35. The van der Waals surface area contributed by atoms with Crippen LogP contribution in [-0.4, -0.2) is 22.1 Å². The predicted octanol–water partition coefficient (Wildman–Crippen LogP) is 23.5. The zero-order valence-corrected chi connectivity index (χ0v) is 62.3. The Morgan fingerprint density at radius 3 is 1.34 bits per heavy atom. The van der Waals surface area contributed by atoms with Gasteiger partial charge in [-0.1, -0.05) is 204 Å². The fourth-order valence-corrected chi connectivity index (χ4v) is 18.1. The van der Waals surface area contributed by atoms with Crippen molar-refractivity contribution >= 4 is 71.3 Å². The molecule has 0 amide bonds. The van der Waals surface area contributed by atoms with Crippen LogP contribution in [0.2, 0.25) is 39.3 Å². The minimum absolute atomic E-state index is 0.0605. The summed E-state index contributed by atoms with van der Waals surface area (Å²) >= 11 is 0. The smallest absolute Gasteiger partial charge is 0.495 e. The molecule has 468 valence electrons. The number of fused-ring (bicyclic) bond motifs is 4. The van der Waals surface area contributed by atoms with Crippen molar-refractivity contribution in [3.8, 4) is 50.6 Å². The molecular formula is C77H101O7P2Si2+. The van der Waals surface area contributed by atoms with Gasteiger partial charge in [-0.2, -0.15) is 0 Å². The maximum Gasteiger partial charge on any atom is 0.670 e. The van der Waals surface area contributed by atoms with Crippen LogP contribution in [0.3, 0.4) is 0 Å². The predicted molar refractivity (Wildman–Crippen MR) is 384 cm³/mol. The van der Waals surface area contributed by atoms with E-state index in [-0.39, 0.29) is 22.7 Å². The molecule has 11 heteroatoms. The van der Waals surface area contributed by atoms with Crippen molar-refractivity contribution in [2.45, 2.75) is 225 Å². The van der Waals surface area contributed by atoms with Gasteiger partial charge in [-0.3, -0.25) is 0 Å². The zero-order valence-electron chi connectivity index (χ0n) is 58.5. The third kappa shape index (κ3) is 13.3. The summed E-state index contributed by atoms with van der Waals surface area (Å²) in [5.41, 5.74) is 20.5. The molecule has 0 radical (unpaired) electrons. The van der Waals surface area contributed by atoms with E-state index in [0.717, 1.165) is 77.6 Å². The van der Waals surface area contributed by atoms with Crippen molar-refractivity contribution < 1.29 is 31.3 Å². The monoisotopic (exact) mass is 1260 g/mol. The molecular weight excluding hydrogens is 1150 g/mol. The van der Waals surface area contributed by atoms with E-state index in [4.69, 9.17) is 26.5 Å². The first kappa shape index (κ1) is 66.6. The van der Waals surface area contributed by atoms with Crippen LogP contribution < -0.4 is 23.9 Å². The van der Waals surface area contributed by atoms with Crippen LogP contribution in [0.1, 0.15) is 200 Å². The van der Waals surface area contributed by atoms with Crippen LogP contribution >= 0.6 is 16.8 Å². The summed E-state index contributed by atoms with van der Waals surface area (Å²) in [7, 11) is -8.80. The first-order valence-corrected chi connectivity index (χ1v) is 41.0. The summed E-state index contributed by atoms with van der Waals surface area (Å²) in [6, 6.07) is 32.1. The Hall–Kier alpha value is -5.83. The molecule has 8 aromatic rings. The van der Waals surface area contributed by atoms with Gasteiger partial charge in [0.25, 0.3) is 5.58 Å². The highest BCUT2D eigenvalue weighted by atomic mass is 31.2. The number of aryl methyl sites for hydroxylation is 6. The van der Waals surface area contributed by atoms with Gasteiger partial charge in [-0.25, -0.2) is 8.99 Å². The van der Waals surface area contributed by atoms with Crippen molar-refractivity contribution in [3.05, 3.63) is 157 Å². The summed E-state index contributed by atoms with van der Waals surface area (Å²) in [4.78, 5) is 14.6. The van der Waals surface area contributed by atoms with Gasteiger partial charge in [0.2, 0.25) is 0 Å². The van der Waals surface area contributed by atoms with Crippen LogP contribution in [-0.2, 0) is 26.2 Å². The highest BCUT2D eigenvalue weighted by Crippen LogP contribution is 2.58. The number of hydrogen-bond acceptors (Lipinski definition) is 6. The van der Waals surface area contributed by atoms with Gasteiger partial charge in [-0.15, -0.1) is 0 Å². The average molecular weight is 1260 g/mol. The van der Waals surface area contributed by atoms with Crippen LogP contribution in [0.5, 0.6) is 17.2 Å². The molecule has 2 heterocycles. The molecule has 0 spiro atoms. The van der Waals surface area contributed by atoms with E-state index in [2.05, 4.69) is 270 Å². The van der Waals surface area contributed by atoms with E-state index in [1.54, 1.807) is 0 Å². The first-order valence-electron chi connectivity index (χ1n) is 31.8. The molecule has 7 aromatic carbocycles. The fourth-order valence-electron chi connectivity index (χ4n) is 12.7. The maximum atomic E-state index is 14.6. The lowest BCUT2D eigenvalue weighted by atomic mass is 9.78. The fraction of sp³-hybridized carbons (Fsp3) is 0.442. The van der Waals surface area contributed by atoms with Crippen LogP contribution in [0.15, 0.2) is 93.3 Å². The first-order chi connectivity index (χ1) is 40.4. The second-order valence-corrected chi connectivity index (χ2v) is 44.4. The molecule has 2 atom stereocenters. The van der Waals surface area contributed by atoms with Gasteiger partial charge in [0.05, 0.1) is 26.9 Å². The number of carbonyl (C=O) groups excluding carboxylic acids is 1. The van der Waals surface area contributed by atoms with E-state index < -0.39 is 49.8 Å². The number of hydrogen-bond donors (Lipinski definition) is 0. The second-order valence-electron chi connectivity index (χ2n) is 32.3. The van der Waals surface area contributed by atoms with Gasteiger partial charge < -0.3 is 22.3 Å². The standard InChI is InChI=1S/C77H100O7P2Si2/c1-43(2)51-33-56(44(3)4)68-61(34-51)73(78)84-86(79-68)81-70-58(36-53(38-63(70)77(20,21)22)67-49(9)31-46(6)32-50(67)10)57-35-52(66-47(7)29-45(5)30-48(66)8)37-62(76(17,18)19)69(57)80-85-82-71-59(39-54(74(11,12)13)41-64(71)87(23,24)25)60-40-55(75(14,15)16)42-65(72(60)83-85)88(26,27)28/h29-44H,1-28H3/p+1. The lowest BCUT2D eigenvalue weighted by molar-refractivity contribution is 0.0696. The number of rotatable bonds is 11. The highest BCUT2D eigenvalue weighted by molar-refractivity contribution is 7.43. The largest absolute Gasteiger partial charge is 0.670 e. The van der Waals surface area contributed by atoms with Crippen molar-refractivity contribution in [2.24, 2.45) is 0 Å². The summed E-state index contributed by atoms with van der Waals surface area (Å²) in [6.45, 7) is 63.7. The molecule has 1 aliphatic heterocycles. The van der Waals surface area contributed by atoms with Crippen molar-refractivity contribution in [2.75, 3.05) is 0 Å². The van der Waals surface area contributed by atoms with E-state index in [1.165, 1.54) is 54.9 Å². The lowest BCUT2D eigenvalue weighted by Gasteiger charge is -2.31. The Morgan fingerprint density at radius 2 is 0.920 bits per heavy atom. The quantitative estimate of drug-likeness (QED) is 0.0729. The summed E-state index contributed by atoms with van der Waals surface area (Å²) < 4.78 is 42.6. The Bertz CT molecular complexity index is 4000. The SMILES string of the molecule is Cc1cc(C)c(-c2cc(-c3cc(-c4c(C)cc(C)cc4C)cc(C(C)(C)C)c3Op3oc4c([Si](C)(C)C)cc(C(C)(C)C)cc4c4cc(C(C)(C)C)cc([Si](C)(C)C)c4[oH+]3)c(OP3OC(=O)c4cc(C(C)C)cc(C(C)C)c4O3)c(C(C)(C)C)c2)c(C)c1. The van der Waals surface area contributed by atoms with E-state index in [9.17, 15) is 4.79 Å². The Kier molecular flexibility index (Phi) is 17.7. The summed E-state index contributed by atoms with van der Waals surface area (Å²) in [6.07, 6.45) is 0. The Labute approximate surface area is 532 Å². The molecule has 0 saturated carbocycles. The van der Waals surface area contributed by atoms with Crippen molar-refractivity contribution in [1.82, 2.24) is 0 Å². The third-order valence-electron chi connectivity index (χ3n) is 17.5. The molecule has 1 aromatic heterocycles. The van der Waals surface area contributed by atoms with E-state index >= 15 is 0 Å². The van der Waals surface area contributed by atoms with Gasteiger partial charge in [0, 0.05) is 32.6 Å². The summed E-state index contributed by atoms with van der Waals surface area (Å²) in [5.74, 6) is 1.52. The van der Waals surface area contributed by atoms with E-state index in [0.29, 0.717) is 22.8 Å². The normalized spacial score (nSPS) is 14.6. The van der Waals surface area contributed by atoms with Crippen molar-refractivity contribution in [1.29, 1.82) is 0 Å². The molecule has 0 aliphatic carbocycles. The van der Waals surface area contributed by atoms with E-state index in [1.807, 2.05) is 6.07 Å². The number of carbonyl (C=O) groups is 1. The zero-order chi connectivity index (χ0) is 65.2. The molecule has 0 saturated heterocycles. The maximum absolute atomic E-state index is 14.6.